The van der Waals surface area contributed by atoms with Gasteiger partial charge in [0.1, 0.15) is 53.9 Å². The first-order chi connectivity index (χ1) is 17.5. The van der Waals surface area contributed by atoms with Crippen molar-refractivity contribution >= 4 is 109 Å². The number of anilines is 3. The largest absolute Gasteiger partial charge is 0.384 e. The number of nitrogens with two attached hydrogens (primary N) is 3. The third kappa shape index (κ3) is 13.1. The Morgan fingerprint density at radius 2 is 1.08 bits per heavy atom. The molecule has 15 heteroatoms. The van der Waals surface area contributed by atoms with Crippen molar-refractivity contribution in [2.24, 2.45) is 0 Å². The van der Waals surface area contributed by atoms with E-state index < -0.39 is 0 Å². The van der Waals surface area contributed by atoms with Crippen LogP contribution in [0.4, 0.5) is 17.5 Å². The molecule has 0 aliphatic rings. The lowest BCUT2D eigenvalue weighted by Gasteiger charge is -1.93. The molecule has 0 saturated carbocycles. The molecule has 190 valence electrons. The maximum absolute atomic E-state index is 8.43. The number of nitrogen functional groups attached to an aromatic ring is 3. The van der Waals surface area contributed by atoms with Crippen molar-refractivity contribution < 1.29 is 0 Å². The first-order valence-corrected chi connectivity index (χ1v) is 13.1. The summed E-state index contributed by atoms with van der Waals surface area (Å²) in [7, 11) is 0. The molecule has 0 aliphatic carbocycles. The van der Waals surface area contributed by atoms with Crippen LogP contribution in [0, 0.1) is 29.9 Å². The minimum Gasteiger partial charge on any atom is -0.384 e. The lowest BCUT2D eigenvalue weighted by molar-refractivity contribution is 1.25. The second-order valence-corrected chi connectivity index (χ2v) is 9.89. The Morgan fingerprint density at radius 1 is 0.595 bits per heavy atom. The third-order valence-corrected chi connectivity index (χ3v) is 6.35. The van der Waals surface area contributed by atoms with Crippen LogP contribution in [0.2, 0.25) is 20.6 Å². The van der Waals surface area contributed by atoms with Gasteiger partial charge in [0.2, 0.25) is 0 Å². The summed E-state index contributed by atoms with van der Waals surface area (Å²) in [6.45, 7) is 0. The quantitative estimate of drug-likeness (QED) is 0.130. The predicted molar refractivity (Wildman–Crippen MR) is 165 cm³/mol. The van der Waals surface area contributed by atoms with Crippen LogP contribution < -0.4 is 17.2 Å². The van der Waals surface area contributed by atoms with Gasteiger partial charge in [0.15, 0.2) is 0 Å². The molecule has 0 spiro atoms. The summed E-state index contributed by atoms with van der Waals surface area (Å²) in [4.78, 5) is 15.1. The van der Waals surface area contributed by atoms with E-state index in [9.17, 15) is 0 Å². The van der Waals surface area contributed by atoms with E-state index in [1.165, 1.54) is 12.1 Å². The molecule has 0 unspecified atom stereocenters. The van der Waals surface area contributed by atoms with Crippen LogP contribution in [-0.4, -0.2) is 19.9 Å². The van der Waals surface area contributed by atoms with Crippen LogP contribution in [0.3, 0.4) is 0 Å². The predicted octanol–water partition coefficient (Wildman–Crippen LogP) is 6.64. The van der Waals surface area contributed by atoms with Gasteiger partial charge in [-0.05, 0) is 93.7 Å². The molecule has 0 aliphatic heterocycles. The Bertz CT molecular complexity index is 1350. The van der Waals surface area contributed by atoms with Crippen molar-refractivity contribution in [2.75, 3.05) is 17.2 Å². The molecule has 0 bridgehead atoms. The van der Waals surface area contributed by atoms with Gasteiger partial charge in [-0.25, -0.2) is 19.9 Å². The van der Waals surface area contributed by atoms with Crippen LogP contribution in [0.25, 0.3) is 0 Å². The smallest absolute Gasteiger partial charge is 0.149 e. The Labute approximate surface area is 260 Å². The lowest BCUT2D eigenvalue weighted by atomic mass is 10.3. The molecule has 4 aromatic heterocycles. The lowest BCUT2D eigenvalue weighted by Crippen LogP contribution is -1.90. The molecular formula is C22H15Cl4I2N9. The van der Waals surface area contributed by atoms with E-state index in [-0.39, 0.29) is 10.3 Å². The van der Waals surface area contributed by atoms with Crippen LogP contribution in [0.15, 0.2) is 54.6 Å². The second kappa shape index (κ2) is 17.2. The molecule has 0 saturated heterocycles. The van der Waals surface area contributed by atoms with Crippen molar-refractivity contribution in [3.63, 3.8) is 0 Å². The fourth-order valence-electron chi connectivity index (χ4n) is 1.88. The van der Waals surface area contributed by atoms with E-state index >= 15 is 0 Å². The summed E-state index contributed by atoms with van der Waals surface area (Å²) in [6.07, 6.45) is 0. The molecule has 6 N–H and O–H groups in total. The van der Waals surface area contributed by atoms with E-state index in [1.54, 1.807) is 36.4 Å². The molecule has 0 aromatic carbocycles. The zero-order chi connectivity index (χ0) is 28.0. The van der Waals surface area contributed by atoms with Crippen LogP contribution >= 0.6 is 91.6 Å². The Hall–Kier alpha value is -2.40. The molecule has 37 heavy (non-hydrogen) atoms. The number of aromatic nitrogens is 4. The maximum atomic E-state index is 8.43. The fraction of sp³-hybridized carbons (Fsp3) is 0. The van der Waals surface area contributed by atoms with E-state index in [1.807, 2.05) is 40.8 Å². The average molecular weight is 801 g/mol. The number of hydrogen-bond donors (Lipinski definition) is 3. The number of halogens is 6. The van der Waals surface area contributed by atoms with Crippen molar-refractivity contribution in [3.8, 4) is 12.1 Å². The first kappa shape index (κ1) is 32.6. The van der Waals surface area contributed by atoms with E-state index in [2.05, 4.69) is 42.5 Å². The molecule has 0 amide bonds. The number of nitrogens with zero attached hydrogens (tertiary/aromatic N) is 6. The van der Waals surface area contributed by atoms with Gasteiger partial charge in [0, 0.05) is 0 Å². The van der Waals surface area contributed by atoms with E-state index in [4.69, 9.17) is 74.1 Å². The Balaban J connectivity index is 0.000000248. The van der Waals surface area contributed by atoms with Gasteiger partial charge in [-0.2, -0.15) is 10.5 Å². The summed E-state index contributed by atoms with van der Waals surface area (Å²) >= 11 is 26.3. The van der Waals surface area contributed by atoms with Gasteiger partial charge in [-0.3, -0.25) is 0 Å². The van der Waals surface area contributed by atoms with Gasteiger partial charge >= 0.3 is 0 Å². The van der Waals surface area contributed by atoms with Gasteiger partial charge in [-0.1, -0.05) is 52.5 Å². The number of nitriles is 2. The van der Waals surface area contributed by atoms with Crippen molar-refractivity contribution in [2.45, 2.75) is 0 Å². The molecule has 4 heterocycles. The van der Waals surface area contributed by atoms with Gasteiger partial charge in [-0.15, -0.1) is 0 Å². The summed E-state index contributed by atoms with van der Waals surface area (Å²) in [5.74, 6) is 1.24. The number of rotatable bonds is 0. The zero-order valence-corrected chi connectivity index (χ0v) is 25.7. The van der Waals surface area contributed by atoms with Crippen LogP contribution in [-0.2, 0) is 0 Å². The van der Waals surface area contributed by atoms with E-state index in [0.29, 0.717) is 38.9 Å². The highest BCUT2D eigenvalue weighted by molar-refractivity contribution is 14.1. The first-order valence-electron chi connectivity index (χ1n) is 9.46. The molecular weight excluding hydrogens is 786 g/mol. The SMILES string of the molecule is N#Cc1ccc(I)nc1Cl.N#Cc1ccc(N)nc1Cl.Nc1ccc(I)c(Cl)n1.Nc1cccc(Cl)n1. The van der Waals surface area contributed by atoms with Gasteiger partial charge in [0.25, 0.3) is 0 Å². The maximum Gasteiger partial charge on any atom is 0.149 e. The molecule has 4 aromatic rings. The van der Waals surface area contributed by atoms with Crippen molar-refractivity contribution in [1.29, 1.82) is 10.5 Å². The highest BCUT2D eigenvalue weighted by atomic mass is 127. The van der Waals surface area contributed by atoms with Crippen LogP contribution in [0.1, 0.15) is 11.1 Å². The molecule has 0 fully saturated rings. The van der Waals surface area contributed by atoms with Crippen LogP contribution in [0.5, 0.6) is 0 Å². The second-order valence-electron chi connectivity index (χ2n) is 6.16. The monoisotopic (exact) mass is 799 g/mol. The third-order valence-electron chi connectivity index (χ3n) is 3.49. The van der Waals surface area contributed by atoms with Crippen molar-refractivity contribution in [3.05, 3.63) is 93.6 Å². The molecule has 0 atom stereocenters. The minimum absolute atomic E-state index is 0.155. The zero-order valence-electron chi connectivity index (χ0n) is 18.4. The number of hydrogen-bond acceptors (Lipinski definition) is 9. The molecule has 9 nitrogen and oxygen atoms in total. The molecule has 0 radical (unpaired) electrons. The summed E-state index contributed by atoms with van der Waals surface area (Å²) in [6, 6.07) is 18.9. The molecule has 4 rings (SSSR count). The van der Waals surface area contributed by atoms with Gasteiger partial charge in [0.05, 0.1) is 14.7 Å². The minimum atomic E-state index is 0.155. The average Bonchev–Trinajstić information content (AvgIpc) is 2.83. The summed E-state index contributed by atoms with van der Waals surface area (Å²) in [5.41, 5.74) is 16.6. The summed E-state index contributed by atoms with van der Waals surface area (Å²) in [5, 5.41) is 18.2. The summed E-state index contributed by atoms with van der Waals surface area (Å²) < 4.78 is 1.71. The number of pyridine rings is 4. The van der Waals surface area contributed by atoms with Gasteiger partial charge < -0.3 is 17.2 Å². The van der Waals surface area contributed by atoms with Crippen molar-refractivity contribution in [1.82, 2.24) is 19.9 Å². The topological polar surface area (TPSA) is 177 Å². The fourth-order valence-corrected chi connectivity index (χ4v) is 3.48. The normalized spacial score (nSPS) is 9.08. The Morgan fingerprint density at radius 3 is 1.49 bits per heavy atom. The standard InChI is InChI=1S/C6H2ClIN2.C6H4ClN3.C5H4ClIN2.C5H5ClN2/c7-6-4(3-9)1-2-5(8)10-6;7-6-4(3-8)1-2-5(9)10-6;6-5-3(7)1-2-4(8)9-5;6-4-2-1-3-5(7)8-4/h1-2H;1-2H,(H2,9,10);1-2H,(H2,8,9);1-3H,(H2,7,8). The van der Waals surface area contributed by atoms with E-state index in [0.717, 1.165) is 7.27 Å². The Kier molecular flexibility index (Phi) is 15.1. The highest BCUT2D eigenvalue weighted by Crippen LogP contribution is 2.16. The highest BCUT2D eigenvalue weighted by Gasteiger charge is 1.99.